The van der Waals surface area contributed by atoms with Crippen molar-refractivity contribution in [2.45, 2.75) is 37.6 Å². The average molecular weight is 949 g/mol. The monoisotopic (exact) mass is 947 g/mol. The molecule has 0 radical (unpaired) electrons. The van der Waals surface area contributed by atoms with Crippen LogP contribution in [0.5, 0.6) is 17.5 Å². The second kappa shape index (κ2) is 20.8. The van der Waals surface area contributed by atoms with E-state index in [0.29, 0.717) is 44.3 Å². The molecule has 0 unspecified atom stereocenters. The molecule has 0 saturated heterocycles. The summed E-state index contributed by atoms with van der Waals surface area (Å²) in [6.07, 6.45) is 9.57. The standard InChI is InChI=1S/C15H13Cl2N3O2.C11H8ClNO3.C11H11N5O6S2/c1-2-7-22-13-9-12(10(16)8-11(13)17)20-15(21)19-6-4-3-5-14(19)18-20;12-8-3-4-9(16-6-10(14)15)11-7(8)2-1-5-13-11;1-5-12-9(15-11(13-5)22-2)14-10(19)16-24(20,21)6-3-4-23-7(6)8(17)18/h1,8-9H,3-7H2;1-5H,6H2,(H,14,15);3-4H,1-2H3,(H,17,18)(H2,12,13,14,15,16,19). The number of aryl methyl sites for hydroxylation is 2. The van der Waals surface area contributed by atoms with Gasteiger partial charge in [0, 0.05) is 30.6 Å². The number of methoxy groups -OCH3 is 1. The van der Waals surface area contributed by atoms with Gasteiger partial charge in [0.2, 0.25) is 5.95 Å². The molecule has 1 aliphatic heterocycles. The minimum absolute atomic E-state index is 0.0633. The van der Waals surface area contributed by atoms with E-state index in [4.69, 9.17) is 65.6 Å². The number of nitrogens with zero attached hydrogens (tertiary/aromatic N) is 7. The first-order valence-corrected chi connectivity index (χ1v) is 21.1. The van der Waals surface area contributed by atoms with E-state index < -0.39 is 44.4 Å². The van der Waals surface area contributed by atoms with Crippen LogP contribution >= 0.6 is 46.1 Å². The Hall–Kier alpha value is -6.51. The van der Waals surface area contributed by atoms with E-state index in [-0.39, 0.29) is 30.1 Å². The Morgan fingerprint density at radius 1 is 1.00 bits per heavy atom. The Labute approximate surface area is 370 Å². The fourth-order valence-electron chi connectivity index (χ4n) is 5.41. The zero-order chi connectivity index (χ0) is 45.1. The number of fused-ring (bicyclic) bond motifs is 2. The molecule has 0 aliphatic carbocycles. The lowest BCUT2D eigenvalue weighted by Gasteiger charge is -2.09. The van der Waals surface area contributed by atoms with Gasteiger partial charge in [-0.25, -0.2) is 32.3 Å². The molecule has 0 atom stereocenters. The van der Waals surface area contributed by atoms with E-state index >= 15 is 0 Å². The Morgan fingerprint density at radius 3 is 2.47 bits per heavy atom. The number of carboxylic acids is 2. The number of halogens is 3. The van der Waals surface area contributed by atoms with Gasteiger partial charge in [0.15, 0.2) is 6.61 Å². The largest absolute Gasteiger partial charge is 0.480 e. The number of nitrogens with one attached hydrogen (secondary N) is 2. The van der Waals surface area contributed by atoms with Crippen LogP contribution in [-0.4, -0.2) is 91.2 Å². The lowest BCUT2D eigenvalue weighted by Crippen LogP contribution is -2.35. The summed E-state index contributed by atoms with van der Waals surface area (Å²) in [5, 5.41) is 27.2. The summed E-state index contributed by atoms with van der Waals surface area (Å²) in [7, 11) is -3.06. The maximum atomic E-state index is 12.5. The zero-order valence-electron chi connectivity index (χ0n) is 32.2. The molecule has 324 valence electrons. The van der Waals surface area contributed by atoms with Crippen LogP contribution in [0.2, 0.25) is 15.1 Å². The van der Waals surface area contributed by atoms with Gasteiger partial charge in [0.1, 0.15) is 45.0 Å². The molecule has 0 fully saturated rings. The van der Waals surface area contributed by atoms with Crippen molar-refractivity contribution >= 4 is 91.0 Å². The van der Waals surface area contributed by atoms with Crippen LogP contribution in [0.3, 0.4) is 0 Å². The van der Waals surface area contributed by atoms with Gasteiger partial charge < -0.3 is 24.4 Å². The molecule has 62 heavy (non-hydrogen) atoms. The van der Waals surface area contributed by atoms with Crippen LogP contribution in [0.25, 0.3) is 16.6 Å². The number of hydrogen-bond donors (Lipinski definition) is 4. The van der Waals surface area contributed by atoms with Gasteiger partial charge >= 0.3 is 29.7 Å². The third-order valence-corrected chi connectivity index (χ3v) is 11.3. The van der Waals surface area contributed by atoms with Crippen LogP contribution in [0.15, 0.2) is 63.7 Å². The summed E-state index contributed by atoms with van der Waals surface area (Å²) >= 11 is 19.0. The summed E-state index contributed by atoms with van der Waals surface area (Å²) in [6, 6.07) is 9.80. The number of carboxylic acid groups (broad SMARTS) is 2. The van der Waals surface area contributed by atoms with Gasteiger partial charge in [-0.3, -0.25) is 14.9 Å². The number of amides is 2. The molecule has 0 saturated carbocycles. The van der Waals surface area contributed by atoms with Crippen LogP contribution in [0.4, 0.5) is 10.7 Å². The number of benzene rings is 2. The third-order valence-electron chi connectivity index (χ3n) is 8.02. The number of ether oxygens (including phenoxy) is 3. The molecule has 2 amide bonds. The summed E-state index contributed by atoms with van der Waals surface area (Å²) in [4.78, 5) is 60.2. The zero-order valence-corrected chi connectivity index (χ0v) is 36.1. The summed E-state index contributed by atoms with van der Waals surface area (Å²) in [6.45, 7) is 1.89. The molecule has 1 aliphatic rings. The highest BCUT2D eigenvalue weighted by molar-refractivity contribution is 7.90. The van der Waals surface area contributed by atoms with Crippen molar-refractivity contribution in [3.8, 4) is 35.5 Å². The number of anilines is 1. The molecule has 25 heteroatoms. The molecule has 5 heterocycles. The minimum atomic E-state index is -4.37. The number of urea groups is 1. The van der Waals surface area contributed by atoms with Crippen molar-refractivity contribution in [1.29, 1.82) is 0 Å². The van der Waals surface area contributed by atoms with Gasteiger partial charge in [0.25, 0.3) is 10.0 Å². The molecule has 7 rings (SSSR count). The number of aromatic nitrogens is 7. The first-order valence-electron chi connectivity index (χ1n) is 17.6. The van der Waals surface area contributed by atoms with Crippen molar-refractivity contribution in [2.24, 2.45) is 0 Å². The highest BCUT2D eigenvalue weighted by Crippen LogP contribution is 2.33. The Kier molecular flexibility index (Phi) is 15.6. The van der Waals surface area contributed by atoms with Gasteiger partial charge in [-0.2, -0.15) is 19.6 Å². The number of carbonyl (C=O) groups is 3. The second-order valence-corrected chi connectivity index (χ2v) is 16.0. The van der Waals surface area contributed by atoms with Crippen molar-refractivity contribution in [1.82, 2.24) is 39.0 Å². The highest BCUT2D eigenvalue weighted by atomic mass is 35.5. The molecule has 20 nitrogen and oxygen atoms in total. The SMILES string of the molecule is C#CCOc1cc(-n2nc3n(c2=O)CCCC3)c(Cl)cc1Cl.COc1nc(C)nc(NC(=O)NS(=O)(=O)c2ccsc2C(=O)O)n1.O=C(O)COc1ccc(Cl)c2cccnc12. The number of terminal acetylenes is 1. The summed E-state index contributed by atoms with van der Waals surface area (Å²) in [5.74, 6) is 1.50. The smallest absolute Gasteiger partial charge is 0.350 e. The highest BCUT2D eigenvalue weighted by Gasteiger charge is 2.26. The lowest BCUT2D eigenvalue weighted by atomic mass is 10.2. The molecule has 2 aromatic carbocycles. The number of pyridine rings is 1. The van der Waals surface area contributed by atoms with Crippen LogP contribution in [0.1, 0.15) is 34.2 Å². The predicted octanol–water partition coefficient (Wildman–Crippen LogP) is 5.50. The molecule has 4 N–H and O–H groups in total. The van der Waals surface area contributed by atoms with E-state index in [9.17, 15) is 27.6 Å². The van der Waals surface area contributed by atoms with Gasteiger partial charge in [-0.1, -0.05) is 40.7 Å². The molecule has 0 bridgehead atoms. The number of thiophene rings is 1. The number of sulfonamides is 1. The van der Waals surface area contributed by atoms with Crippen molar-refractivity contribution in [3.63, 3.8) is 0 Å². The molecule has 6 aromatic rings. The van der Waals surface area contributed by atoms with Crippen molar-refractivity contribution < 1.29 is 47.2 Å². The number of carbonyl (C=O) groups excluding carboxylic acids is 1. The number of aliphatic carboxylic acids is 1. The Bertz CT molecular complexity index is 2860. The van der Waals surface area contributed by atoms with Crippen LogP contribution in [-0.2, 0) is 27.8 Å². The van der Waals surface area contributed by atoms with E-state index in [1.165, 1.54) is 30.2 Å². The van der Waals surface area contributed by atoms with E-state index in [1.807, 2.05) is 0 Å². The predicted molar refractivity (Wildman–Crippen MR) is 227 cm³/mol. The number of hydrogen-bond acceptors (Lipinski definition) is 15. The summed E-state index contributed by atoms with van der Waals surface area (Å²) in [5.41, 5.74) is 0.795. The lowest BCUT2D eigenvalue weighted by molar-refractivity contribution is -0.139. The summed E-state index contributed by atoms with van der Waals surface area (Å²) < 4.78 is 44.1. The molecular weight excluding hydrogens is 917 g/mol. The second-order valence-electron chi connectivity index (χ2n) is 12.2. The molecule has 0 spiro atoms. The molecular formula is C37H32Cl3N9O11S2. The number of aromatic carboxylic acids is 1. The Balaban J connectivity index is 0.000000179. The van der Waals surface area contributed by atoms with E-state index in [2.05, 4.69) is 36.3 Å². The van der Waals surface area contributed by atoms with E-state index in [0.717, 1.165) is 47.9 Å². The average Bonchev–Trinajstić information content (AvgIpc) is 3.87. The first-order chi connectivity index (χ1) is 29.5. The quantitative estimate of drug-likeness (QED) is 0.117. The van der Waals surface area contributed by atoms with Crippen molar-refractivity contribution in [2.75, 3.05) is 25.6 Å². The van der Waals surface area contributed by atoms with Gasteiger partial charge in [-0.05, 0) is 61.5 Å². The van der Waals surface area contributed by atoms with Crippen LogP contribution in [0, 0.1) is 19.3 Å². The van der Waals surface area contributed by atoms with E-state index in [1.54, 1.807) is 45.8 Å². The minimum Gasteiger partial charge on any atom is -0.480 e. The fraction of sp³-hybridized carbons (Fsp3) is 0.216. The Morgan fingerprint density at radius 2 is 1.77 bits per heavy atom. The van der Waals surface area contributed by atoms with Gasteiger partial charge in [0.05, 0.1) is 27.9 Å². The van der Waals surface area contributed by atoms with Crippen molar-refractivity contribution in [3.05, 3.63) is 96.1 Å². The fourth-order valence-corrected chi connectivity index (χ4v) is 8.31. The van der Waals surface area contributed by atoms with Gasteiger partial charge in [-0.15, -0.1) is 22.9 Å². The normalized spacial score (nSPS) is 11.7. The first kappa shape index (κ1) is 46.6. The third kappa shape index (κ3) is 11.6. The maximum Gasteiger partial charge on any atom is 0.350 e. The van der Waals surface area contributed by atoms with Crippen LogP contribution < -0.4 is 29.9 Å². The maximum absolute atomic E-state index is 12.5. The number of rotatable bonds is 11. The topological polar surface area (TPSA) is 269 Å². The molecule has 4 aromatic heterocycles.